The van der Waals surface area contributed by atoms with Crippen LogP contribution in [-0.4, -0.2) is 17.6 Å². The van der Waals surface area contributed by atoms with Crippen LogP contribution < -0.4 is 11.1 Å². The van der Waals surface area contributed by atoms with Gasteiger partial charge in [-0.1, -0.05) is 11.6 Å². The van der Waals surface area contributed by atoms with Gasteiger partial charge in [-0.05, 0) is 36.8 Å². The van der Waals surface area contributed by atoms with Crippen LogP contribution in [0.5, 0.6) is 0 Å². The first-order valence-corrected chi connectivity index (χ1v) is 6.86. The summed E-state index contributed by atoms with van der Waals surface area (Å²) in [6.45, 7) is 0.671. The first-order valence-electron chi connectivity index (χ1n) is 5.67. The van der Waals surface area contributed by atoms with Gasteiger partial charge in [-0.15, -0.1) is 11.3 Å². The van der Waals surface area contributed by atoms with Gasteiger partial charge in [0.2, 0.25) is 0 Å². The molecule has 0 unspecified atom stereocenters. The molecule has 0 saturated heterocycles. The number of aromatic carboxylic acids is 1. The van der Waals surface area contributed by atoms with Crippen molar-refractivity contribution in [2.45, 2.75) is 6.42 Å². The normalized spacial score (nSPS) is 10.4. The molecule has 0 aliphatic carbocycles. The predicted molar refractivity (Wildman–Crippen MR) is 79.3 cm³/mol. The second-order valence-electron chi connectivity index (χ2n) is 3.99. The maximum atomic E-state index is 10.9. The van der Waals surface area contributed by atoms with Gasteiger partial charge in [-0.2, -0.15) is 0 Å². The number of halogens is 1. The van der Waals surface area contributed by atoms with Crippen LogP contribution in [0.15, 0.2) is 30.3 Å². The van der Waals surface area contributed by atoms with Gasteiger partial charge in [0, 0.05) is 11.4 Å². The average molecular weight is 297 g/mol. The first kappa shape index (κ1) is 13.7. The van der Waals surface area contributed by atoms with Gasteiger partial charge in [-0.3, -0.25) is 0 Å². The first-order chi connectivity index (χ1) is 9.06. The number of carbonyl (C=O) groups is 1. The molecule has 0 atom stereocenters. The fraction of sp³-hybridized carbons (Fsp3) is 0.154. The monoisotopic (exact) mass is 296 g/mol. The summed E-state index contributed by atoms with van der Waals surface area (Å²) >= 11 is 7.39. The standard InChI is InChI=1S/C13H13ClN2O2S/c14-12-4-2-9(19-12)5-6-16-11-7-8(13(17)18)1-3-10(11)15/h1-4,7,16H,5-6,15H2,(H,17,18). The molecule has 0 radical (unpaired) electrons. The second kappa shape index (κ2) is 5.95. The Morgan fingerprint density at radius 3 is 2.79 bits per heavy atom. The fourth-order valence-electron chi connectivity index (χ4n) is 1.65. The largest absolute Gasteiger partial charge is 0.478 e. The van der Waals surface area contributed by atoms with E-state index in [1.165, 1.54) is 22.3 Å². The lowest BCUT2D eigenvalue weighted by Gasteiger charge is -2.09. The van der Waals surface area contributed by atoms with Gasteiger partial charge in [0.1, 0.15) is 0 Å². The number of hydrogen-bond donors (Lipinski definition) is 3. The molecule has 0 saturated carbocycles. The Morgan fingerprint density at radius 1 is 1.37 bits per heavy atom. The second-order valence-corrected chi connectivity index (χ2v) is 5.79. The minimum atomic E-state index is -0.965. The molecule has 1 heterocycles. The van der Waals surface area contributed by atoms with E-state index >= 15 is 0 Å². The molecular weight excluding hydrogens is 284 g/mol. The molecule has 1 aromatic carbocycles. The molecule has 1 aromatic heterocycles. The Hall–Kier alpha value is -1.72. The van der Waals surface area contributed by atoms with Crippen molar-refractivity contribution in [1.82, 2.24) is 0 Å². The molecule has 2 rings (SSSR count). The number of anilines is 2. The summed E-state index contributed by atoms with van der Waals surface area (Å²) in [6, 6.07) is 8.46. The van der Waals surface area contributed by atoms with Crippen LogP contribution in [0.1, 0.15) is 15.2 Å². The number of nitrogens with one attached hydrogen (secondary N) is 1. The number of thiophene rings is 1. The lowest BCUT2D eigenvalue weighted by Crippen LogP contribution is -2.07. The maximum Gasteiger partial charge on any atom is 0.335 e. The van der Waals surface area contributed by atoms with Crippen molar-refractivity contribution in [2.75, 3.05) is 17.6 Å². The SMILES string of the molecule is Nc1ccc(C(=O)O)cc1NCCc1ccc(Cl)s1. The van der Waals surface area contributed by atoms with E-state index in [4.69, 9.17) is 22.4 Å². The zero-order valence-corrected chi connectivity index (χ0v) is 11.6. The van der Waals surface area contributed by atoms with Crippen LogP contribution >= 0.6 is 22.9 Å². The molecule has 0 bridgehead atoms. The fourth-order valence-corrected chi connectivity index (χ4v) is 2.74. The molecule has 19 heavy (non-hydrogen) atoms. The number of nitrogen functional groups attached to an aromatic ring is 1. The van der Waals surface area contributed by atoms with Crippen molar-refractivity contribution in [2.24, 2.45) is 0 Å². The predicted octanol–water partition coefficient (Wildman–Crippen LogP) is 3.34. The number of nitrogens with two attached hydrogens (primary N) is 1. The molecule has 0 aliphatic rings. The molecule has 0 spiro atoms. The highest BCUT2D eigenvalue weighted by molar-refractivity contribution is 7.16. The van der Waals surface area contributed by atoms with Gasteiger partial charge in [-0.25, -0.2) is 4.79 Å². The average Bonchev–Trinajstić information content (AvgIpc) is 2.77. The van der Waals surface area contributed by atoms with Crippen molar-refractivity contribution >= 4 is 40.3 Å². The van der Waals surface area contributed by atoms with Crippen molar-refractivity contribution in [3.63, 3.8) is 0 Å². The number of rotatable bonds is 5. The summed E-state index contributed by atoms with van der Waals surface area (Å²) in [4.78, 5) is 12.1. The van der Waals surface area contributed by atoms with Crippen molar-refractivity contribution in [1.29, 1.82) is 0 Å². The summed E-state index contributed by atoms with van der Waals surface area (Å²) in [6.07, 6.45) is 0.814. The van der Waals surface area contributed by atoms with Crippen LogP contribution in [0, 0.1) is 0 Å². The molecular formula is C13H13ClN2O2S. The highest BCUT2D eigenvalue weighted by Gasteiger charge is 2.06. The number of carboxylic acids is 1. The number of hydrogen-bond acceptors (Lipinski definition) is 4. The Labute approximate surface area is 119 Å². The summed E-state index contributed by atoms with van der Waals surface area (Å²) in [5.74, 6) is -0.965. The zero-order valence-electron chi connectivity index (χ0n) is 10.0. The van der Waals surface area contributed by atoms with E-state index in [0.717, 1.165) is 10.8 Å². The van der Waals surface area contributed by atoms with Crippen molar-refractivity contribution < 1.29 is 9.90 Å². The summed E-state index contributed by atoms with van der Waals surface area (Å²) in [7, 11) is 0. The molecule has 0 amide bonds. The minimum Gasteiger partial charge on any atom is -0.478 e. The third-order valence-corrected chi connectivity index (χ3v) is 3.91. The number of carboxylic acid groups (broad SMARTS) is 1. The molecule has 6 heteroatoms. The lowest BCUT2D eigenvalue weighted by molar-refractivity contribution is 0.0697. The summed E-state index contributed by atoms with van der Waals surface area (Å²) < 4.78 is 0.766. The quantitative estimate of drug-likeness (QED) is 0.740. The van der Waals surface area contributed by atoms with E-state index in [1.54, 1.807) is 12.1 Å². The smallest absolute Gasteiger partial charge is 0.335 e. The van der Waals surface area contributed by atoms with E-state index in [1.807, 2.05) is 12.1 Å². The Kier molecular flexibility index (Phi) is 4.29. The van der Waals surface area contributed by atoms with Gasteiger partial charge >= 0.3 is 5.97 Å². The van der Waals surface area contributed by atoms with Crippen LogP contribution in [-0.2, 0) is 6.42 Å². The zero-order chi connectivity index (χ0) is 13.8. The number of benzene rings is 1. The highest BCUT2D eigenvalue weighted by Crippen LogP contribution is 2.23. The minimum absolute atomic E-state index is 0.218. The molecule has 0 fully saturated rings. The maximum absolute atomic E-state index is 10.9. The van der Waals surface area contributed by atoms with Gasteiger partial charge in [0.25, 0.3) is 0 Å². The van der Waals surface area contributed by atoms with Crippen LogP contribution in [0.25, 0.3) is 0 Å². The van der Waals surface area contributed by atoms with Crippen molar-refractivity contribution in [3.05, 3.63) is 45.1 Å². The lowest BCUT2D eigenvalue weighted by atomic mass is 10.1. The molecule has 100 valence electrons. The summed E-state index contributed by atoms with van der Waals surface area (Å²) in [5.41, 5.74) is 7.20. The molecule has 4 N–H and O–H groups in total. The third kappa shape index (κ3) is 3.62. The van der Waals surface area contributed by atoms with Gasteiger partial charge in [0.05, 0.1) is 21.3 Å². The Morgan fingerprint density at radius 2 is 2.16 bits per heavy atom. The van der Waals surface area contributed by atoms with E-state index in [2.05, 4.69) is 5.32 Å². The van der Waals surface area contributed by atoms with E-state index in [0.29, 0.717) is 17.9 Å². The topological polar surface area (TPSA) is 75.4 Å². The van der Waals surface area contributed by atoms with Crippen LogP contribution in [0.4, 0.5) is 11.4 Å². The Bertz CT molecular complexity index is 598. The molecule has 2 aromatic rings. The van der Waals surface area contributed by atoms with E-state index < -0.39 is 5.97 Å². The van der Waals surface area contributed by atoms with E-state index in [9.17, 15) is 4.79 Å². The third-order valence-electron chi connectivity index (χ3n) is 2.62. The van der Waals surface area contributed by atoms with Gasteiger partial charge in [0.15, 0.2) is 0 Å². The Balaban J connectivity index is 1.99. The summed E-state index contributed by atoms with van der Waals surface area (Å²) in [5, 5.41) is 12.1. The van der Waals surface area contributed by atoms with E-state index in [-0.39, 0.29) is 5.56 Å². The van der Waals surface area contributed by atoms with Crippen molar-refractivity contribution in [3.8, 4) is 0 Å². The van der Waals surface area contributed by atoms with Gasteiger partial charge < -0.3 is 16.2 Å². The highest BCUT2D eigenvalue weighted by atomic mass is 35.5. The molecule has 0 aliphatic heterocycles. The van der Waals surface area contributed by atoms with Crippen LogP contribution in [0.2, 0.25) is 4.34 Å². The molecule has 4 nitrogen and oxygen atoms in total. The van der Waals surface area contributed by atoms with Crippen LogP contribution in [0.3, 0.4) is 0 Å².